The van der Waals surface area contributed by atoms with Gasteiger partial charge >= 0.3 is 5.97 Å². The molecule has 3 N–H and O–H groups in total. The first-order valence-electron chi connectivity index (χ1n) is 12.9. The number of piperazine rings is 1. The average Bonchev–Trinajstić information content (AvgIpc) is 2.94. The molecule has 11 nitrogen and oxygen atoms in total. The van der Waals surface area contributed by atoms with E-state index in [9.17, 15) is 4.79 Å². The fourth-order valence-corrected chi connectivity index (χ4v) is 4.40. The molecule has 1 aliphatic heterocycles. The third-order valence-corrected chi connectivity index (χ3v) is 6.20. The summed E-state index contributed by atoms with van der Waals surface area (Å²) >= 11 is 0. The van der Waals surface area contributed by atoms with E-state index in [-0.39, 0.29) is 12.0 Å². The number of nitrogens with one attached hydrogen (secondary N) is 3. The number of hydrogen-bond acceptors (Lipinski definition) is 11. The summed E-state index contributed by atoms with van der Waals surface area (Å²) < 4.78 is 5.16. The number of benzene rings is 1. The Labute approximate surface area is 227 Å². The van der Waals surface area contributed by atoms with Gasteiger partial charge in [0.2, 0.25) is 5.95 Å². The largest absolute Gasteiger partial charge is 0.466 e. The molecule has 4 heterocycles. The van der Waals surface area contributed by atoms with Gasteiger partial charge in [0.15, 0.2) is 5.82 Å². The Morgan fingerprint density at radius 1 is 1.00 bits per heavy atom. The van der Waals surface area contributed by atoms with E-state index in [1.807, 2.05) is 56.3 Å². The van der Waals surface area contributed by atoms with Crippen molar-refractivity contribution in [2.45, 2.75) is 26.3 Å². The van der Waals surface area contributed by atoms with Crippen molar-refractivity contribution in [3.63, 3.8) is 0 Å². The second-order valence-electron chi connectivity index (χ2n) is 9.05. The summed E-state index contributed by atoms with van der Waals surface area (Å²) in [7, 11) is 0. The highest BCUT2D eigenvalue weighted by Gasteiger charge is 2.25. The first-order valence-corrected chi connectivity index (χ1v) is 12.9. The maximum atomic E-state index is 12.1. The van der Waals surface area contributed by atoms with Crippen molar-refractivity contribution < 1.29 is 9.53 Å². The third-order valence-electron chi connectivity index (χ3n) is 6.20. The maximum absolute atomic E-state index is 12.1. The maximum Gasteiger partial charge on any atom is 0.307 e. The molecule has 1 atom stereocenters. The van der Waals surface area contributed by atoms with E-state index in [2.05, 4.69) is 45.8 Å². The Kier molecular flexibility index (Phi) is 8.18. The number of ether oxygens (including phenoxy) is 1. The minimum atomic E-state index is -0.176. The minimum Gasteiger partial charge on any atom is -0.466 e. The summed E-state index contributed by atoms with van der Waals surface area (Å²) in [5.74, 6) is 2.00. The molecule has 11 heteroatoms. The Morgan fingerprint density at radius 3 is 2.59 bits per heavy atom. The number of pyridine rings is 1. The fraction of sp³-hybridized carbons (Fsp3) is 0.286. The van der Waals surface area contributed by atoms with Crippen LogP contribution in [-0.4, -0.2) is 63.2 Å². The number of rotatable bonds is 9. The zero-order chi connectivity index (χ0) is 27.0. The highest BCUT2D eigenvalue weighted by atomic mass is 16.5. The molecule has 0 aliphatic carbocycles. The Balaban J connectivity index is 1.24. The normalized spacial score (nSPS) is 15.0. The van der Waals surface area contributed by atoms with Crippen LogP contribution < -0.4 is 20.9 Å². The number of hydrogen-bond donors (Lipinski definition) is 3. The molecule has 1 unspecified atom stereocenters. The third kappa shape index (κ3) is 6.82. The monoisotopic (exact) mass is 525 g/mol. The molecular weight excluding hydrogens is 494 g/mol. The van der Waals surface area contributed by atoms with Gasteiger partial charge in [-0.15, -0.1) is 0 Å². The van der Waals surface area contributed by atoms with E-state index < -0.39 is 0 Å². The van der Waals surface area contributed by atoms with Crippen LogP contribution in [0.2, 0.25) is 0 Å². The zero-order valence-electron chi connectivity index (χ0n) is 22.0. The van der Waals surface area contributed by atoms with E-state index in [0.29, 0.717) is 42.1 Å². The van der Waals surface area contributed by atoms with Crippen LogP contribution in [0.3, 0.4) is 0 Å². The van der Waals surface area contributed by atoms with E-state index in [1.54, 1.807) is 24.5 Å². The topological polar surface area (TPSA) is 130 Å². The van der Waals surface area contributed by atoms with Crippen LogP contribution >= 0.6 is 0 Å². The number of esters is 1. The zero-order valence-corrected chi connectivity index (χ0v) is 22.0. The van der Waals surface area contributed by atoms with Crippen molar-refractivity contribution in [3.8, 4) is 11.5 Å². The van der Waals surface area contributed by atoms with Crippen molar-refractivity contribution in [1.29, 1.82) is 0 Å². The molecule has 39 heavy (non-hydrogen) atoms. The Morgan fingerprint density at radius 2 is 1.79 bits per heavy atom. The van der Waals surface area contributed by atoms with Crippen molar-refractivity contribution in [1.82, 2.24) is 30.2 Å². The first kappa shape index (κ1) is 26.0. The van der Waals surface area contributed by atoms with Gasteiger partial charge in [0, 0.05) is 49.1 Å². The highest BCUT2D eigenvalue weighted by Crippen LogP contribution is 2.24. The van der Waals surface area contributed by atoms with Gasteiger partial charge in [-0.05, 0) is 62.4 Å². The SMILES string of the molecule is CCOC(=O)CC1CNCCN1c1ccc(Nc2nccc(Nc3ccnc(-c4cccc(C)n4)n3)n2)cc1. The van der Waals surface area contributed by atoms with Crippen molar-refractivity contribution in [2.24, 2.45) is 0 Å². The van der Waals surface area contributed by atoms with Gasteiger partial charge in [0.25, 0.3) is 0 Å². The molecule has 0 saturated carbocycles. The lowest BCUT2D eigenvalue weighted by atomic mass is 10.1. The molecule has 0 amide bonds. The van der Waals surface area contributed by atoms with Gasteiger partial charge in [-0.25, -0.2) is 19.9 Å². The number of carbonyl (C=O) groups is 1. The van der Waals surface area contributed by atoms with E-state index in [4.69, 9.17) is 4.74 Å². The van der Waals surface area contributed by atoms with Crippen LogP contribution in [0.5, 0.6) is 0 Å². The molecule has 1 aliphatic rings. The lowest BCUT2D eigenvalue weighted by molar-refractivity contribution is -0.143. The number of aryl methyl sites for hydroxylation is 1. The molecular formula is C28H31N9O2. The van der Waals surface area contributed by atoms with Crippen LogP contribution in [0.1, 0.15) is 19.0 Å². The molecule has 5 rings (SSSR count). The number of aromatic nitrogens is 5. The summed E-state index contributed by atoms with van der Waals surface area (Å²) in [6.45, 7) is 6.57. The van der Waals surface area contributed by atoms with E-state index >= 15 is 0 Å². The fourth-order valence-electron chi connectivity index (χ4n) is 4.40. The number of carbonyl (C=O) groups excluding carboxylic acids is 1. The summed E-state index contributed by atoms with van der Waals surface area (Å²) in [5.41, 5.74) is 3.51. The molecule has 1 fully saturated rings. The van der Waals surface area contributed by atoms with Crippen LogP contribution in [0.25, 0.3) is 11.5 Å². The lowest BCUT2D eigenvalue weighted by Crippen LogP contribution is -2.52. The predicted molar refractivity (Wildman–Crippen MR) is 150 cm³/mol. The van der Waals surface area contributed by atoms with Crippen LogP contribution in [0.15, 0.2) is 67.0 Å². The van der Waals surface area contributed by atoms with Gasteiger partial charge in [-0.1, -0.05) is 6.07 Å². The van der Waals surface area contributed by atoms with Crippen molar-refractivity contribution in [3.05, 3.63) is 72.7 Å². The summed E-state index contributed by atoms with van der Waals surface area (Å²) in [4.78, 5) is 36.7. The quantitative estimate of drug-likeness (QED) is 0.275. The summed E-state index contributed by atoms with van der Waals surface area (Å²) in [5, 5.41) is 9.84. The van der Waals surface area contributed by atoms with E-state index in [0.717, 1.165) is 36.7 Å². The lowest BCUT2D eigenvalue weighted by Gasteiger charge is -2.37. The van der Waals surface area contributed by atoms with Gasteiger partial charge < -0.3 is 25.6 Å². The molecule has 200 valence electrons. The second kappa shape index (κ2) is 12.3. The molecule has 0 spiro atoms. The standard InChI is InChI=1S/C28H31N9O2/c1-3-39-26(38)17-22-18-29-15-16-37(22)21-9-7-20(8-10-21)33-28-31-14-12-25(36-28)34-24-11-13-30-27(35-24)23-6-4-5-19(2)32-23/h4-14,22,29H,3,15-18H2,1-2H3,(H2,30,31,33,34,35,36). The molecule has 0 radical (unpaired) electrons. The molecule has 3 aromatic heterocycles. The Bertz CT molecular complexity index is 1410. The summed E-state index contributed by atoms with van der Waals surface area (Å²) in [6, 6.07) is 17.4. The number of nitrogens with zero attached hydrogens (tertiary/aromatic N) is 6. The van der Waals surface area contributed by atoms with Crippen molar-refractivity contribution >= 4 is 34.9 Å². The molecule has 0 bridgehead atoms. The van der Waals surface area contributed by atoms with Crippen LogP contribution in [-0.2, 0) is 9.53 Å². The van der Waals surface area contributed by atoms with Crippen molar-refractivity contribution in [2.75, 3.05) is 41.8 Å². The van der Waals surface area contributed by atoms with Crippen LogP contribution in [0.4, 0.5) is 29.0 Å². The predicted octanol–water partition coefficient (Wildman–Crippen LogP) is 3.86. The Hall–Kier alpha value is -4.64. The van der Waals surface area contributed by atoms with Crippen LogP contribution in [0, 0.1) is 6.92 Å². The average molecular weight is 526 g/mol. The first-order chi connectivity index (χ1) is 19.1. The van der Waals surface area contributed by atoms with Gasteiger partial charge in [-0.2, -0.15) is 4.98 Å². The minimum absolute atomic E-state index is 0.0479. The van der Waals surface area contributed by atoms with Gasteiger partial charge in [0.1, 0.15) is 17.3 Å². The molecule has 4 aromatic rings. The van der Waals surface area contributed by atoms with Gasteiger partial charge in [-0.3, -0.25) is 4.79 Å². The number of anilines is 5. The van der Waals surface area contributed by atoms with E-state index in [1.165, 1.54) is 0 Å². The smallest absolute Gasteiger partial charge is 0.307 e. The highest BCUT2D eigenvalue weighted by molar-refractivity contribution is 5.71. The van der Waals surface area contributed by atoms with Gasteiger partial charge in [0.05, 0.1) is 19.1 Å². The molecule has 1 aromatic carbocycles. The summed E-state index contributed by atoms with van der Waals surface area (Å²) in [6.07, 6.45) is 3.72. The second-order valence-corrected chi connectivity index (χ2v) is 9.05. The molecule has 1 saturated heterocycles.